The van der Waals surface area contributed by atoms with Gasteiger partial charge in [-0.15, -0.1) is 0 Å². The van der Waals surface area contributed by atoms with Crippen LogP contribution in [0.5, 0.6) is 5.75 Å². The van der Waals surface area contributed by atoms with Crippen molar-refractivity contribution in [3.05, 3.63) is 65.2 Å². The SMILES string of the molecule is Cc1cccc(C)c1OCCCNCc1ccccc1. The Morgan fingerprint density at radius 1 is 0.900 bits per heavy atom. The minimum Gasteiger partial charge on any atom is -0.493 e. The maximum atomic E-state index is 5.88. The molecule has 2 nitrogen and oxygen atoms in total. The van der Waals surface area contributed by atoms with Gasteiger partial charge in [0, 0.05) is 6.54 Å². The fraction of sp³-hybridized carbons (Fsp3) is 0.333. The summed E-state index contributed by atoms with van der Waals surface area (Å²) in [7, 11) is 0. The van der Waals surface area contributed by atoms with Crippen LogP contribution >= 0.6 is 0 Å². The van der Waals surface area contributed by atoms with Crippen molar-refractivity contribution in [2.45, 2.75) is 26.8 Å². The van der Waals surface area contributed by atoms with Gasteiger partial charge in [0.1, 0.15) is 5.75 Å². The highest BCUT2D eigenvalue weighted by atomic mass is 16.5. The third kappa shape index (κ3) is 4.39. The molecule has 0 aliphatic rings. The second-order valence-corrected chi connectivity index (χ2v) is 5.09. The molecule has 0 radical (unpaired) electrons. The van der Waals surface area contributed by atoms with Crippen LogP contribution in [0.2, 0.25) is 0 Å². The zero-order valence-electron chi connectivity index (χ0n) is 12.4. The normalized spacial score (nSPS) is 10.5. The number of hydrogen-bond acceptors (Lipinski definition) is 2. The number of aryl methyl sites for hydroxylation is 2. The van der Waals surface area contributed by atoms with Crippen LogP contribution in [0.1, 0.15) is 23.1 Å². The van der Waals surface area contributed by atoms with E-state index < -0.39 is 0 Å². The van der Waals surface area contributed by atoms with E-state index in [1.807, 2.05) is 6.07 Å². The van der Waals surface area contributed by atoms with Gasteiger partial charge in [-0.25, -0.2) is 0 Å². The summed E-state index contributed by atoms with van der Waals surface area (Å²) in [5.41, 5.74) is 3.74. The van der Waals surface area contributed by atoms with E-state index in [2.05, 4.69) is 61.6 Å². The molecular formula is C18H23NO. The standard InChI is InChI=1S/C18H23NO/c1-15-8-6-9-16(2)18(15)20-13-7-12-19-14-17-10-4-3-5-11-17/h3-6,8-11,19H,7,12-14H2,1-2H3. The Labute approximate surface area is 121 Å². The Morgan fingerprint density at radius 2 is 1.60 bits per heavy atom. The summed E-state index contributed by atoms with van der Waals surface area (Å²) in [4.78, 5) is 0. The Bertz CT molecular complexity index is 502. The fourth-order valence-corrected chi connectivity index (χ4v) is 2.23. The minimum absolute atomic E-state index is 0.757. The summed E-state index contributed by atoms with van der Waals surface area (Å²) in [5.74, 6) is 1.04. The van der Waals surface area contributed by atoms with Crippen molar-refractivity contribution in [1.82, 2.24) is 5.32 Å². The van der Waals surface area contributed by atoms with Gasteiger partial charge in [-0.3, -0.25) is 0 Å². The quantitative estimate of drug-likeness (QED) is 0.771. The largest absolute Gasteiger partial charge is 0.493 e. The third-order valence-corrected chi connectivity index (χ3v) is 3.33. The molecule has 20 heavy (non-hydrogen) atoms. The average Bonchev–Trinajstić information content (AvgIpc) is 2.46. The second kappa shape index (κ2) is 7.71. The lowest BCUT2D eigenvalue weighted by atomic mass is 10.1. The summed E-state index contributed by atoms with van der Waals surface area (Å²) in [6.07, 6.45) is 1.01. The third-order valence-electron chi connectivity index (χ3n) is 3.33. The van der Waals surface area contributed by atoms with E-state index in [0.717, 1.165) is 31.9 Å². The number of benzene rings is 2. The summed E-state index contributed by atoms with van der Waals surface area (Å²) in [6.45, 7) is 6.84. The van der Waals surface area contributed by atoms with Crippen LogP contribution in [-0.2, 0) is 6.54 Å². The molecule has 0 saturated heterocycles. The highest BCUT2D eigenvalue weighted by Crippen LogP contribution is 2.22. The van der Waals surface area contributed by atoms with E-state index in [4.69, 9.17) is 4.74 Å². The average molecular weight is 269 g/mol. The van der Waals surface area contributed by atoms with Crippen molar-refractivity contribution < 1.29 is 4.74 Å². The lowest BCUT2D eigenvalue weighted by molar-refractivity contribution is 0.304. The first-order chi connectivity index (χ1) is 9.77. The maximum absolute atomic E-state index is 5.88. The van der Waals surface area contributed by atoms with Crippen molar-refractivity contribution >= 4 is 0 Å². The molecule has 0 aromatic heterocycles. The Balaban J connectivity index is 1.65. The van der Waals surface area contributed by atoms with Crippen LogP contribution in [-0.4, -0.2) is 13.2 Å². The lowest BCUT2D eigenvalue weighted by Gasteiger charge is -2.12. The first kappa shape index (κ1) is 14.6. The number of hydrogen-bond donors (Lipinski definition) is 1. The topological polar surface area (TPSA) is 21.3 Å². The number of rotatable bonds is 7. The molecule has 0 bridgehead atoms. The molecule has 0 unspecified atom stereocenters. The van der Waals surface area contributed by atoms with Crippen molar-refractivity contribution in [3.8, 4) is 5.75 Å². The summed E-state index contributed by atoms with van der Waals surface area (Å²) >= 11 is 0. The molecule has 1 N–H and O–H groups in total. The molecule has 0 spiro atoms. The molecular weight excluding hydrogens is 246 g/mol. The fourth-order valence-electron chi connectivity index (χ4n) is 2.23. The van der Waals surface area contributed by atoms with Crippen molar-refractivity contribution in [1.29, 1.82) is 0 Å². The molecule has 2 heteroatoms. The molecule has 2 aromatic carbocycles. The van der Waals surface area contributed by atoms with Crippen LogP contribution in [0.3, 0.4) is 0 Å². The number of para-hydroxylation sites is 1. The molecule has 0 amide bonds. The van der Waals surface area contributed by atoms with Gasteiger partial charge in [0.2, 0.25) is 0 Å². The van der Waals surface area contributed by atoms with E-state index >= 15 is 0 Å². The van der Waals surface area contributed by atoms with Gasteiger partial charge in [0.15, 0.2) is 0 Å². The maximum Gasteiger partial charge on any atom is 0.125 e. The van der Waals surface area contributed by atoms with Gasteiger partial charge in [-0.05, 0) is 43.5 Å². The zero-order chi connectivity index (χ0) is 14.2. The Morgan fingerprint density at radius 3 is 2.30 bits per heavy atom. The smallest absolute Gasteiger partial charge is 0.125 e. The molecule has 106 valence electrons. The van der Waals surface area contributed by atoms with Crippen LogP contribution in [0.25, 0.3) is 0 Å². The van der Waals surface area contributed by atoms with Gasteiger partial charge in [-0.1, -0.05) is 48.5 Å². The summed E-state index contributed by atoms with van der Waals surface area (Å²) in [6, 6.07) is 16.7. The first-order valence-corrected chi connectivity index (χ1v) is 7.21. The lowest BCUT2D eigenvalue weighted by Crippen LogP contribution is -2.17. The second-order valence-electron chi connectivity index (χ2n) is 5.09. The van der Waals surface area contributed by atoms with Gasteiger partial charge in [-0.2, -0.15) is 0 Å². The van der Waals surface area contributed by atoms with Crippen LogP contribution in [0, 0.1) is 13.8 Å². The van der Waals surface area contributed by atoms with E-state index in [0.29, 0.717) is 0 Å². The molecule has 2 aromatic rings. The van der Waals surface area contributed by atoms with Crippen LogP contribution < -0.4 is 10.1 Å². The van der Waals surface area contributed by atoms with Crippen molar-refractivity contribution in [2.24, 2.45) is 0 Å². The molecule has 0 saturated carbocycles. The highest BCUT2D eigenvalue weighted by molar-refractivity contribution is 5.39. The highest BCUT2D eigenvalue weighted by Gasteiger charge is 2.02. The minimum atomic E-state index is 0.757. The van der Waals surface area contributed by atoms with Gasteiger partial charge >= 0.3 is 0 Å². The van der Waals surface area contributed by atoms with E-state index in [1.54, 1.807) is 0 Å². The molecule has 0 atom stereocenters. The van der Waals surface area contributed by atoms with E-state index in [9.17, 15) is 0 Å². The Kier molecular flexibility index (Phi) is 5.63. The van der Waals surface area contributed by atoms with Crippen LogP contribution in [0.4, 0.5) is 0 Å². The van der Waals surface area contributed by atoms with Crippen molar-refractivity contribution in [2.75, 3.05) is 13.2 Å². The molecule has 0 fully saturated rings. The molecule has 0 aliphatic heterocycles. The van der Waals surface area contributed by atoms with Crippen LogP contribution in [0.15, 0.2) is 48.5 Å². The number of ether oxygens (including phenoxy) is 1. The summed E-state index contributed by atoms with van der Waals surface area (Å²) < 4.78 is 5.88. The molecule has 2 rings (SSSR count). The Hall–Kier alpha value is -1.80. The van der Waals surface area contributed by atoms with E-state index in [1.165, 1.54) is 16.7 Å². The first-order valence-electron chi connectivity index (χ1n) is 7.21. The summed E-state index contributed by atoms with van der Waals surface area (Å²) in [5, 5.41) is 3.44. The van der Waals surface area contributed by atoms with Gasteiger partial charge < -0.3 is 10.1 Å². The molecule has 0 aliphatic carbocycles. The zero-order valence-corrected chi connectivity index (χ0v) is 12.4. The predicted octanol–water partition coefficient (Wildman–Crippen LogP) is 3.86. The molecule has 0 heterocycles. The van der Waals surface area contributed by atoms with Gasteiger partial charge in [0.25, 0.3) is 0 Å². The predicted molar refractivity (Wildman–Crippen MR) is 84.2 cm³/mol. The van der Waals surface area contributed by atoms with E-state index in [-0.39, 0.29) is 0 Å². The monoisotopic (exact) mass is 269 g/mol. The number of nitrogens with one attached hydrogen (secondary N) is 1. The van der Waals surface area contributed by atoms with Gasteiger partial charge in [0.05, 0.1) is 6.61 Å². The van der Waals surface area contributed by atoms with Crippen molar-refractivity contribution in [3.63, 3.8) is 0 Å².